The Kier molecular flexibility index (Phi) is 4.83. The summed E-state index contributed by atoms with van der Waals surface area (Å²) in [4.78, 5) is 21.7. The van der Waals surface area contributed by atoms with Crippen molar-refractivity contribution in [3.05, 3.63) is 12.2 Å². The van der Waals surface area contributed by atoms with Crippen molar-refractivity contribution in [1.29, 1.82) is 0 Å². The summed E-state index contributed by atoms with van der Waals surface area (Å²) in [7, 11) is 0. The van der Waals surface area contributed by atoms with Crippen molar-refractivity contribution in [2.75, 3.05) is 19.7 Å². The number of nitrogens with one attached hydrogen (secondary N) is 2. The van der Waals surface area contributed by atoms with Gasteiger partial charge in [-0.3, -0.25) is 4.79 Å². The number of carbonyl (C=O) groups is 2. The van der Waals surface area contributed by atoms with Gasteiger partial charge in [0.05, 0.1) is 6.61 Å². The average molecular weight is 212 g/mol. The van der Waals surface area contributed by atoms with E-state index in [4.69, 9.17) is 4.74 Å². The van der Waals surface area contributed by atoms with E-state index in [1.165, 1.54) is 6.08 Å². The molecule has 1 atom stereocenters. The first-order valence-electron chi connectivity index (χ1n) is 5.05. The number of hydrogen-bond acceptors (Lipinski definition) is 4. The van der Waals surface area contributed by atoms with E-state index in [9.17, 15) is 9.59 Å². The Labute approximate surface area is 88.9 Å². The zero-order valence-electron chi connectivity index (χ0n) is 8.79. The molecular formula is C10H16N2O3. The van der Waals surface area contributed by atoms with E-state index in [2.05, 4.69) is 10.6 Å². The highest BCUT2D eigenvalue weighted by atomic mass is 16.5. The summed E-state index contributed by atoms with van der Waals surface area (Å²) in [6.45, 7) is 3.38. The third kappa shape index (κ3) is 4.60. The molecule has 0 aromatic carbocycles. The van der Waals surface area contributed by atoms with E-state index < -0.39 is 0 Å². The van der Waals surface area contributed by atoms with Gasteiger partial charge in [-0.1, -0.05) is 6.08 Å². The van der Waals surface area contributed by atoms with Gasteiger partial charge in [-0.25, -0.2) is 4.79 Å². The van der Waals surface area contributed by atoms with Gasteiger partial charge < -0.3 is 15.4 Å². The van der Waals surface area contributed by atoms with Gasteiger partial charge in [-0.05, 0) is 6.92 Å². The second-order valence-corrected chi connectivity index (χ2v) is 3.27. The molecule has 0 aromatic heterocycles. The molecular weight excluding hydrogens is 196 g/mol. The zero-order valence-corrected chi connectivity index (χ0v) is 8.79. The fraction of sp³-hybridized carbons (Fsp3) is 0.600. The van der Waals surface area contributed by atoms with Crippen LogP contribution in [0.25, 0.3) is 0 Å². The maximum Gasteiger partial charge on any atom is 0.330 e. The van der Waals surface area contributed by atoms with Crippen molar-refractivity contribution in [3.63, 3.8) is 0 Å². The lowest BCUT2D eigenvalue weighted by Crippen LogP contribution is -2.30. The summed E-state index contributed by atoms with van der Waals surface area (Å²) < 4.78 is 4.71. The lowest BCUT2D eigenvalue weighted by atomic mass is 10.2. The van der Waals surface area contributed by atoms with E-state index in [-0.39, 0.29) is 17.9 Å². The molecule has 1 fully saturated rings. The zero-order chi connectivity index (χ0) is 11.1. The molecule has 0 aliphatic carbocycles. The van der Waals surface area contributed by atoms with E-state index in [1.54, 1.807) is 13.0 Å². The molecule has 1 unspecified atom stereocenters. The molecule has 84 valence electrons. The van der Waals surface area contributed by atoms with Crippen molar-refractivity contribution in [2.45, 2.75) is 19.4 Å². The third-order valence-corrected chi connectivity index (χ3v) is 2.04. The molecule has 1 heterocycles. The molecule has 0 spiro atoms. The minimum absolute atomic E-state index is 0.0712. The molecule has 1 aliphatic heterocycles. The quantitative estimate of drug-likeness (QED) is 0.480. The fourth-order valence-electron chi connectivity index (χ4n) is 1.33. The predicted octanol–water partition coefficient (Wildman–Crippen LogP) is -0.416. The third-order valence-electron chi connectivity index (χ3n) is 2.04. The van der Waals surface area contributed by atoms with Crippen LogP contribution < -0.4 is 10.6 Å². The molecule has 0 saturated carbocycles. The molecule has 1 amide bonds. The summed E-state index contributed by atoms with van der Waals surface area (Å²) in [5, 5.41) is 5.85. The molecule has 2 N–H and O–H groups in total. The SMILES string of the molecule is CCOC(=O)/C=C/CNC1CNC(=O)C1. The van der Waals surface area contributed by atoms with E-state index >= 15 is 0 Å². The summed E-state index contributed by atoms with van der Waals surface area (Å²) in [5.74, 6) is -0.262. The van der Waals surface area contributed by atoms with Crippen molar-refractivity contribution < 1.29 is 14.3 Å². The molecule has 1 rings (SSSR count). The number of esters is 1. The molecule has 0 radical (unpaired) electrons. The normalized spacial score (nSPS) is 20.6. The van der Waals surface area contributed by atoms with E-state index in [0.717, 1.165) is 0 Å². The highest BCUT2D eigenvalue weighted by Crippen LogP contribution is 1.97. The largest absolute Gasteiger partial charge is 0.463 e. The van der Waals surface area contributed by atoms with Crippen LogP contribution in [0, 0.1) is 0 Å². The second-order valence-electron chi connectivity index (χ2n) is 3.27. The highest BCUT2D eigenvalue weighted by molar-refractivity contribution is 5.81. The predicted molar refractivity (Wildman–Crippen MR) is 55.2 cm³/mol. The van der Waals surface area contributed by atoms with Crippen LogP contribution in [0.1, 0.15) is 13.3 Å². The summed E-state index contributed by atoms with van der Waals surface area (Å²) in [6, 6.07) is 0.171. The number of hydrogen-bond donors (Lipinski definition) is 2. The Morgan fingerprint density at radius 2 is 2.53 bits per heavy atom. The number of ether oxygens (including phenoxy) is 1. The standard InChI is InChI=1S/C10H16N2O3/c1-2-15-10(14)4-3-5-11-8-6-9(13)12-7-8/h3-4,8,11H,2,5-7H2,1H3,(H,12,13)/b4-3+. The Morgan fingerprint density at radius 1 is 1.73 bits per heavy atom. The maximum absolute atomic E-state index is 10.9. The smallest absolute Gasteiger partial charge is 0.330 e. The summed E-state index contributed by atoms with van der Waals surface area (Å²) in [6.07, 6.45) is 3.59. The summed E-state index contributed by atoms with van der Waals surface area (Å²) in [5.41, 5.74) is 0. The van der Waals surface area contributed by atoms with Gasteiger partial charge in [-0.15, -0.1) is 0 Å². The maximum atomic E-state index is 10.9. The van der Waals surface area contributed by atoms with Crippen LogP contribution in [0.4, 0.5) is 0 Å². The van der Waals surface area contributed by atoms with Crippen LogP contribution in [0.15, 0.2) is 12.2 Å². The first-order valence-corrected chi connectivity index (χ1v) is 5.05. The Morgan fingerprint density at radius 3 is 3.13 bits per heavy atom. The first-order chi connectivity index (χ1) is 7.22. The van der Waals surface area contributed by atoms with Gasteiger partial charge in [0.15, 0.2) is 0 Å². The number of rotatable bonds is 5. The van der Waals surface area contributed by atoms with Crippen LogP contribution >= 0.6 is 0 Å². The van der Waals surface area contributed by atoms with E-state index in [0.29, 0.717) is 26.1 Å². The van der Waals surface area contributed by atoms with Gasteiger partial charge in [-0.2, -0.15) is 0 Å². The minimum atomic E-state index is -0.333. The Hall–Kier alpha value is -1.36. The monoisotopic (exact) mass is 212 g/mol. The van der Waals surface area contributed by atoms with E-state index in [1.807, 2.05) is 0 Å². The molecule has 5 nitrogen and oxygen atoms in total. The van der Waals surface area contributed by atoms with Gasteiger partial charge in [0, 0.05) is 31.6 Å². The Balaban J connectivity index is 2.10. The van der Waals surface area contributed by atoms with Crippen molar-refractivity contribution in [2.24, 2.45) is 0 Å². The van der Waals surface area contributed by atoms with Gasteiger partial charge in [0.2, 0.25) is 5.91 Å². The lowest BCUT2D eigenvalue weighted by molar-refractivity contribution is -0.137. The highest BCUT2D eigenvalue weighted by Gasteiger charge is 2.19. The second kappa shape index (κ2) is 6.19. The average Bonchev–Trinajstić information content (AvgIpc) is 2.60. The van der Waals surface area contributed by atoms with Crippen LogP contribution in [-0.4, -0.2) is 37.6 Å². The molecule has 5 heteroatoms. The van der Waals surface area contributed by atoms with Gasteiger partial charge in [0.1, 0.15) is 0 Å². The lowest BCUT2D eigenvalue weighted by Gasteiger charge is -2.06. The molecule has 1 saturated heterocycles. The summed E-state index contributed by atoms with van der Waals surface area (Å²) >= 11 is 0. The van der Waals surface area contributed by atoms with Crippen molar-refractivity contribution in [1.82, 2.24) is 10.6 Å². The van der Waals surface area contributed by atoms with Crippen LogP contribution in [0.5, 0.6) is 0 Å². The van der Waals surface area contributed by atoms with Crippen LogP contribution in [0.3, 0.4) is 0 Å². The van der Waals surface area contributed by atoms with Crippen LogP contribution in [-0.2, 0) is 14.3 Å². The van der Waals surface area contributed by atoms with Crippen molar-refractivity contribution in [3.8, 4) is 0 Å². The number of carbonyl (C=O) groups excluding carboxylic acids is 2. The van der Waals surface area contributed by atoms with Gasteiger partial charge in [0.25, 0.3) is 0 Å². The van der Waals surface area contributed by atoms with Crippen molar-refractivity contribution >= 4 is 11.9 Å². The fourth-order valence-corrected chi connectivity index (χ4v) is 1.33. The molecule has 1 aliphatic rings. The first kappa shape index (κ1) is 11.7. The van der Waals surface area contributed by atoms with Gasteiger partial charge >= 0.3 is 5.97 Å². The molecule has 0 bridgehead atoms. The molecule has 0 aromatic rings. The minimum Gasteiger partial charge on any atom is -0.463 e. The molecule has 15 heavy (non-hydrogen) atoms. The Bertz CT molecular complexity index is 263. The van der Waals surface area contributed by atoms with Crippen LogP contribution in [0.2, 0.25) is 0 Å². The topological polar surface area (TPSA) is 67.4 Å². The number of amides is 1.